The summed E-state index contributed by atoms with van der Waals surface area (Å²) in [6.07, 6.45) is -0.172. The molecule has 2 aromatic rings. The molecule has 1 atom stereocenters. The summed E-state index contributed by atoms with van der Waals surface area (Å²) in [7, 11) is -3.49. The summed E-state index contributed by atoms with van der Waals surface area (Å²) in [5.41, 5.74) is 1.60. The van der Waals surface area contributed by atoms with Gasteiger partial charge in [0.1, 0.15) is 5.75 Å². The molecule has 0 aliphatic carbocycles. The van der Waals surface area contributed by atoms with Crippen molar-refractivity contribution in [3.63, 3.8) is 0 Å². The lowest BCUT2D eigenvalue weighted by Gasteiger charge is -2.34. The van der Waals surface area contributed by atoms with E-state index in [1.807, 2.05) is 30.3 Å². The number of benzene rings is 2. The number of rotatable bonds is 6. The average molecular weight is 374 g/mol. The van der Waals surface area contributed by atoms with Crippen LogP contribution in [0.3, 0.4) is 0 Å². The van der Waals surface area contributed by atoms with Crippen molar-refractivity contribution in [3.05, 3.63) is 60.2 Å². The number of hydrogen-bond acceptors (Lipinski definition) is 4. The Morgan fingerprint density at radius 2 is 1.85 bits per heavy atom. The molecule has 1 heterocycles. The number of para-hydroxylation sites is 2. The number of carbonyl (C=O) groups excluding carboxylic acids is 1. The summed E-state index contributed by atoms with van der Waals surface area (Å²) in [5, 5.41) is 2.84. The van der Waals surface area contributed by atoms with E-state index in [4.69, 9.17) is 4.74 Å². The Bertz CT molecular complexity index is 868. The Morgan fingerprint density at radius 3 is 2.58 bits per heavy atom. The van der Waals surface area contributed by atoms with Gasteiger partial charge in [-0.2, -0.15) is 0 Å². The molecule has 7 heteroatoms. The average Bonchev–Trinajstić information content (AvgIpc) is 2.67. The third-order valence-corrected chi connectivity index (χ3v) is 6.03. The van der Waals surface area contributed by atoms with Gasteiger partial charge in [-0.1, -0.05) is 42.5 Å². The molecule has 2 aromatic carbocycles. The summed E-state index contributed by atoms with van der Waals surface area (Å²) < 4.78 is 31.9. The van der Waals surface area contributed by atoms with E-state index in [2.05, 4.69) is 5.32 Å². The van der Waals surface area contributed by atoms with E-state index in [1.54, 1.807) is 31.2 Å². The van der Waals surface area contributed by atoms with Crippen LogP contribution in [0.2, 0.25) is 0 Å². The lowest BCUT2D eigenvalue weighted by molar-refractivity contribution is -0.127. The van der Waals surface area contributed by atoms with Gasteiger partial charge in [-0.15, -0.1) is 0 Å². The summed E-state index contributed by atoms with van der Waals surface area (Å²) in [6.45, 7) is 2.03. The molecule has 26 heavy (non-hydrogen) atoms. The molecule has 1 aliphatic rings. The van der Waals surface area contributed by atoms with Crippen molar-refractivity contribution in [3.8, 4) is 5.75 Å². The fourth-order valence-corrected chi connectivity index (χ4v) is 3.97. The molecular formula is C19H22N2O4S. The van der Waals surface area contributed by atoms with Crippen molar-refractivity contribution in [1.82, 2.24) is 5.32 Å². The molecule has 3 rings (SSSR count). The maximum atomic E-state index is 12.5. The van der Waals surface area contributed by atoms with Crippen LogP contribution in [0.15, 0.2) is 54.6 Å². The zero-order valence-electron chi connectivity index (χ0n) is 14.6. The molecule has 1 aliphatic heterocycles. The minimum Gasteiger partial charge on any atom is -0.476 e. The number of nitrogens with one attached hydrogen (secondary N) is 1. The van der Waals surface area contributed by atoms with E-state index in [9.17, 15) is 13.2 Å². The number of ether oxygens (including phenoxy) is 1. The van der Waals surface area contributed by atoms with Crippen LogP contribution in [-0.4, -0.2) is 39.3 Å². The van der Waals surface area contributed by atoms with Gasteiger partial charge in [0.15, 0.2) is 6.10 Å². The predicted molar refractivity (Wildman–Crippen MR) is 101 cm³/mol. The quantitative estimate of drug-likeness (QED) is 0.839. The number of sulfonamides is 1. The number of hydrogen-bond donors (Lipinski definition) is 1. The smallest absolute Gasteiger partial charge is 0.263 e. The molecule has 1 N–H and O–H groups in total. The molecule has 6 nitrogen and oxygen atoms in total. The van der Waals surface area contributed by atoms with Crippen LogP contribution in [0.5, 0.6) is 5.75 Å². The number of fused-ring (bicyclic) bond motifs is 1. The van der Waals surface area contributed by atoms with Crippen LogP contribution < -0.4 is 14.4 Å². The second kappa shape index (κ2) is 7.78. The largest absolute Gasteiger partial charge is 0.476 e. The van der Waals surface area contributed by atoms with E-state index >= 15 is 0 Å². The van der Waals surface area contributed by atoms with Crippen LogP contribution in [-0.2, 0) is 21.2 Å². The van der Waals surface area contributed by atoms with Crippen LogP contribution in [0.4, 0.5) is 5.69 Å². The third kappa shape index (κ3) is 3.99. The Balaban J connectivity index is 1.69. The van der Waals surface area contributed by atoms with E-state index in [1.165, 1.54) is 4.31 Å². The Hall–Kier alpha value is -2.54. The highest BCUT2D eigenvalue weighted by Crippen LogP contribution is 2.34. The maximum Gasteiger partial charge on any atom is 0.263 e. The van der Waals surface area contributed by atoms with Crippen LogP contribution in [0.1, 0.15) is 12.5 Å². The molecule has 0 saturated heterocycles. The SMILES string of the molecule is CCS(=O)(=O)N1C[C@H](C(=O)NCCc2ccccc2)Oc2ccccc21. The van der Waals surface area contributed by atoms with Crippen molar-refractivity contribution in [2.45, 2.75) is 19.4 Å². The summed E-state index contributed by atoms with van der Waals surface area (Å²) >= 11 is 0. The zero-order valence-corrected chi connectivity index (χ0v) is 15.4. The van der Waals surface area contributed by atoms with Gasteiger partial charge in [0.2, 0.25) is 10.0 Å². The van der Waals surface area contributed by atoms with Crippen molar-refractivity contribution in [1.29, 1.82) is 0 Å². The number of amides is 1. The molecule has 138 valence electrons. The highest BCUT2D eigenvalue weighted by atomic mass is 32.2. The molecule has 0 radical (unpaired) electrons. The van der Waals surface area contributed by atoms with Crippen LogP contribution in [0.25, 0.3) is 0 Å². The van der Waals surface area contributed by atoms with Gasteiger partial charge in [0.25, 0.3) is 5.91 Å². The molecule has 0 bridgehead atoms. The van der Waals surface area contributed by atoms with Gasteiger partial charge in [-0.05, 0) is 31.0 Å². The maximum absolute atomic E-state index is 12.5. The minimum absolute atomic E-state index is 0.0235. The molecule has 1 amide bonds. The van der Waals surface area contributed by atoms with Gasteiger partial charge in [0.05, 0.1) is 18.0 Å². The van der Waals surface area contributed by atoms with Gasteiger partial charge in [-0.3, -0.25) is 9.10 Å². The first-order valence-electron chi connectivity index (χ1n) is 8.59. The van der Waals surface area contributed by atoms with E-state index < -0.39 is 16.1 Å². The first-order valence-corrected chi connectivity index (χ1v) is 10.2. The summed E-state index contributed by atoms with van der Waals surface area (Å²) in [4.78, 5) is 12.5. The highest BCUT2D eigenvalue weighted by molar-refractivity contribution is 7.92. The van der Waals surface area contributed by atoms with Gasteiger partial charge >= 0.3 is 0 Å². The highest BCUT2D eigenvalue weighted by Gasteiger charge is 2.35. The van der Waals surface area contributed by atoms with Crippen molar-refractivity contribution in [2.24, 2.45) is 0 Å². The van der Waals surface area contributed by atoms with Crippen molar-refractivity contribution >= 4 is 21.6 Å². The molecule has 0 unspecified atom stereocenters. The summed E-state index contributed by atoms with van der Waals surface area (Å²) in [5.74, 6) is 0.0506. The van der Waals surface area contributed by atoms with E-state index in [0.29, 0.717) is 24.4 Å². The molecule has 0 aromatic heterocycles. The Morgan fingerprint density at radius 1 is 1.15 bits per heavy atom. The van der Waals surface area contributed by atoms with E-state index in [0.717, 1.165) is 5.56 Å². The Labute approximate surface area is 153 Å². The second-order valence-electron chi connectivity index (χ2n) is 6.03. The molecule has 0 fully saturated rings. The number of carbonyl (C=O) groups is 1. The third-order valence-electron chi connectivity index (χ3n) is 4.28. The monoisotopic (exact) mass is 374 g/mol. The van der Waals surface area contributed by atoms with Crippen LogP contribution >= 0.6 is 0 Å². The van der Waals surface area contributed by atoms with Crippen molar-refractivity contribution in [2.75, 3.05) is 23.1 Å². The molecular weight excluding hydrogens is 352 g/mol. The fraction of sp³-hybridized carbons (Fsp3) is 0.316. The summed E-state index contributed by atoms with van der Waals surface area (Å²) in [6, 6.07) is 16.7. The first-order chi connectivity index (χ1) is 12.5. The van der Waals surface area contributed by atoms with Crippen molar-refractivity contribution < 1.29 is 17.9 Å². The van der Waals surface area contributed by atoms with Crippen LogP contribution in [0, 0.1) is 0 Å². The van der Waals surface area contributed by atoms with Gasteiger partial charge < -0.3 is 10.1 Å². The number of anilines is 1. The number of nitrogens with zero attached hydrogens (tertiary/aromatic N) is 1. The molecule has 0 spiro atoms. The molecule has 0 saturated carbocycles. The lowest BCUT2D eigenvalue weighted by atomic mass is 10.1. The standard InChI is InChI=1S/C19H22N2O4S/c1-2-26(23,24)21-14-18(25-17-11-7-6-10-16(17)21)19(22)20-13-12-15-8-4-3-5-9-15/h3-11,18H,2,12-14H2,1H3,(H,20,22)/t18-/m1/s1. The normalized spacial score (nSPS) is 16.5. The minimum atomic E-state index is -3.49. The predicted octanol–water partition coefficient (Wildman–Crippen LogP) is 1.96. The topological polar surface area (TPSA) is 75.7 Å². The Kier molecular flexibility index (Phi) is 5.46. The lowest BCUT2D eigenvalue weighted by Crippen LogP contribution is -2.51. The van der Waals surface area contributed by atoms with E-state index in [-0.39, 0.29) is 18.2 Å². The fourth-order valence-electron chi connectivity index (χ4n) is 2.85. The van der Waals surface area contributed by atoms with Gasteiger partial charge in [-0.25, -0.2) is 8.42 Å². The van der Waals surface area contributed by atoms with Gasteiger partial charge in [0, 0.05) is 6.54 Å². The zero-order chi connectivity index (χ0) is 18.6. The first kappa shape index (κ1) is 18.3. The second-order valence-corrected chi connectivity index (χ2v) is 8.21.